The van der Waals surface area contributed by atoms with E-state index in [1.54, 1.807) is 12.1 Å². The van der Waals surface area contributed by atoms with Crippen LogP contribution in [0.25, 0.3) is 22.0 Å². The van der Waals surface area contributed by atoms with Crippen molar-refractivity contribution < 1.29 is 30.8 Å². The van der Waals surface area contributed by atoms with Crippen molar-refractivity contribution in [3.05, 3.63) is 66.1 Å². The van der Waals surface area contributed by atoms with Crippen molar-refractivity contribution in [1.82, 2.24) is 10.1 Å². The number of alkyl halides is 3. The summed E-state index contributed by atoms with van der Waals surface area (Å²) < 4.78 is 78.8. The zero-order valence-electron chi connectivity index (χ0n) is 17.8. The van der Waals surface area contributed by atoms with Crippen LogP contribution in [0.4, 0.5) is 19.0 Å². The highest BCUT2D eigenvalue weighted by Gasteiger charge is 2.39. The SMILES string of the molecule is COc1cc(C(F)(F)F)c(C2CC2)cc1-c1nccc2cc(S(=O)(=O)Nc3ccon3)ccc12. The Balaban J connectivity index is 1.63. The molecule has 34 heavy (non-hydrogen) atoms. The Morgan fingerprint density at radius 1 is 1.12 bits per heavy atom. The lowest BCUT2D eigenvalue weighted by Crippen LogP contribution is -2.13. The first kappa shape index (κ1) is 22.2. The number of methoxy groups -OCH3 is 1. The molecule has 0 spiro atoms. The van der Waals surface area contributed by atoms with Gasteiger partial charge in [0.05, 0.1) is 23.3 Å². The average Bonchev–Trinajstić information content (AvgIpc) is 3.53. The lowest BCUT2D eigenvalue weighted by Gasteiger charge is -2.18. The molecule has 0 atom stereocenters. The topological polar surface area (TPSA) is 94.3 Å². The second kappa shape index (κ2) is 8.01. The first-order valence-corrected chi connectivity index (χ1v) is 11.8. The molecule has 1 N–H and O–H groups in total. The van der Waals surface area contributed by atoms with Gasteiger partial charge in [0.15, 0.2) is 5.82 Å². The van der Waals surface area contributed by atoms with Gasteiger partial charge in [0.1, 0.15) is 12.0 Å². The Morgan fingerprint density at radius 2 is 1.91 bits per heavy atom. The first-order valence-electron chi connectivity index (χ1n) is 10.3. The molecule has 176 valence electrons. The van der Waals surface area contributed by atoms with Crippen LogP contribution in [0.3, 0.4) is 0 Å². The molecule has 0 unspecified atom stereocenters. The van der Waals surface area contributed by atoms with E-state index in [0.29, 0.717) is 34.9 Å². The monoisotopic (exact) mass is 489 g/mol. The van der Waals surface area contributed by atoms with Crippen LogP contribution in [-0.2, 0) is 16.2 Å². The number of nitrogens with one attached hydrogen (secondary N) is 1. The summed E-state index contributed by atoms with van der Waals surface area (Å²) in [7, 11) is -2.63. The second-order valence-electron chi connectivity index (χ2n) is 7.94. The van der Waals surface area contributed by atoms with Gasteiger partial charge in [-0.25, -0.2) is 8.42 Å². The average molecular weight is 489 g/mol. The quantitative estimate of drug-likeness (QED) is 0.379. The third kappa shape index (κ3) is 4.07. The number of hydrogen-bond donors (Lipinski definition) is 1. The molecule has 2 aromatic carbocycles. The van der Waals surface area contributed by atoms with Gasteiger partial charge >= 0.3 is 6.18 Å². The normalized spacial score (nSPS) is 14.4. The minimum Gasteiger partial charge on any atom is -0.496 e. The molecule has 0 radical (unpaired) electrons. The number of benzene rings is 2. The third-order valence-corrected chi connectivity index (χ3v) is 7.02. The molecule has 1 fully saturated rings. The Hall–Kier alpha value is -3.60. The van der Waals surface area contributed by atoms with E-state index in [1.165, 1.54) is 43.8 Å². The number of hydrogen-bond acceptors (Lipinski definition) is 6. The molecule has 0 bridgehead atoms. The molecule has 7 nitrogen and oxygen atoms in total. The summed E-state index contributed by atoms with van der Waals surface area (Å²) in [6, 6.07) is 9.95. The highest BCUT2D eigenvalue weighted by molar-refractivity contribution is 7.92. The molecule has 0 aliphatic heterocycles. The van der Waals surface area contributed by atoms with Crippen molar-refractivity contribution in [3.63, 3.8) is 0 Å². The molecule has 1 saturated carbocycles. The number of sulfonamides is 1. The van der Waals surface area contributed by atoms with E-state index in [9.17, 15) is 21.6 Å². The molecule has 0 amide bonds. The van der Waals surface area contributed by atoms with Gasteiger partial charge in [-0.05, 0) is 60.0 Å². The number of anilines is 1. The maximum Gasteiger partial charge on any atom is 0.416 e. The van der Waals surface area contributed by atoms with Gasteiger partial charge in [0.2, 0.25) is 0 Å². The van der Waals surface area contributed by atoms with E-state index in [-0.39, 0.29) is 27.9 Å². The number of pyridine rings is 1. The van der Waals surface area contributed by atoms with Gasteiger partial charge in [-0.2, -0.15) is 13.2 Å². The standard InChI is InChI=1S/C23H18F3N3O4S/c1-32-20-12-19(23(24,25)26)17(13-2-3-13)11-18(20)22-16-5-4-15(10-14(16)6-8-27-22)34(30,31)29-21-7-9-33-28-21/h4-13H,2-3H2,1H3,(H,28,29). The van der Waals surface area contributed by atoms with Crippen LogP contribution in [0, 0.1) is 0 Å². The van der Waals surface area contributed by atoms with Crippen molar-refractivity contribution in [3.8, 4) is 17.0 Å². The summed E-state index contributed by atoms with van der Waals surface area (Å²) in [4.78, 5) is 4.39. The third-order valence-electron chi connectivity index (χ3n) is 5.67. The summed E-state index contributed by atoms with van der Waals surface area (Å²) in [5, 5.41) is 4.66. The van der Waals surface area contributed by atoms with Gasteiger partial charge in [0, 0.05) is 23.2 Å². The lowest BCUT2D eigenvalue weighted by molar-refractivity contribution is -0.138. The Bertz CT molecular complexity index is 1480. The van der Waals surface area contributed by atoms with Crippen LogP contribution in [-0.4, -0.2) is 25.7 Å². The Labute approximate surface area is 192 Å². The van der Waals surface area contributed by atoms with Gasteiger partial charge in [0.25, 0.3) is 10.0 Å². The molecule has 2 heterocycles. The lowest BCUT2D eigenvalue weighted by atomic mass is 9.95. The highest BCUT2D eigenvalue weighted by atomic mass is 32.2. The summed E-state index contributed by atoms with van der Waals surface area (Å²) >= 11 is 0. The van der Waals surface area contributed by atoms with E-state index in [4.69, 9.17) is 4.74 Å². The maximum atomic E-state index is 13.7. The summed E-state index contributed by atoms with van der Waals surface area (Å²) in [5.74, 6) is -0.0747. The summed E-state index contributed by atoms with van der Waals surface area (Å²) in [6.45, 7) is 0. The zero-order valence-corrected chi connectivity index (χ0v) is 18.6. The van der Waals surface area contributed by atoms with E-state index < -0.39 is 21.8 Å². The van der Waals surface area contributed by atoms with E-state index >= 15 is 0 Å². The smallest absolute Gasteiger partial charge is 0.416 e. The maximum absolute atomic E-state index is 13.7. The van der Waals surface area contributed by atoms with Crippen LogP contribution in [0.2, 0.25) is 0 Å². The minimum absolute atomic E-state index is 0.0156. The molecule has 5 rings (SSSR count). The Kier molecular flexibility index (Phi) is 5.23. The molecule has 1 aliphatic rings. The highest BCUT2D eigenvalue weighted by Crippen LogP contribution is 2.49. The van der Waals surface area contributed by atoms with Crippen molar-refractivity contribution in [1.29, 1.82) is 0 Å². The van der Waals surface area contributed by atoms with Gasteiger partial charge in [-0.3, -0.25) is 9.71 Å². The molecular formula is C23H18F3N3O4S. The molecular weight excluding hydrogens is 471 g/mol. The molecule has 11 heteroatoms. The van der Waals surface area contributed by atoms with Crippen molar-refractivity contribution in [2.75, 3.05) is 11.8 Å². The predicted octanol–water partition coefficient (Wildman–Crippen LogP) is 5.60. The summed E-state index contributed by atoms with van der Waals surface area (Å²) in [5.41, 5.74) is 0.332. The largest absolute Gasteiger partial charge is 0.496 e. The fraction of sp³-hybridized carbons (Fsp3) is 0.217. The first-order chi connectivity index (χ1) is 16.2. The van der Waals surface area contributed by atoms with E-state index in [1.807, 2.05) is 0 Å². The van der Waals surface area contributed by atoms with Crippen molar-refractivity contribution >= 4 is 26.6 Å². The fourth-order valence-corrected chi connectivity index (χ4v) is 4.96. The van der Waals surface area contributed by atoms with Crippen LogP contribution in [0.5, 0.6) is 5.75 Å². The number of nitrogens with zero attached hydrogens (tertiary/aromatic N) is 2. The number of ether oxygens (including phenoxy) is 1. The van der Waals surface area contributed by atoms with Crippen LogP contribution >= 0.6 is 0 Å². The zero-order chi connectivity index (χ0) is 24.1. The predicted molar refractivity (Wildman–Crippen MR) is 118 cm³/mol. The number of fused-ring (bicyclic) bond motifs is 1. The molecule has 4 aromatic rings. The second-order valence-corrected chi connectivity index (χ2v) is 9.63. The Morgan fingerprint density at radius 3 is 2.56 bits per heavy atom. The molecule has 0 saturated heterocycles. The van der Waals surface area contributed by atoms with Crippen LogP contribution in [0.1, 0.15) is 29.9 Å². The minimum atomic E-state index is -4.50. The summed E-state index contributed by atoms with van der Waals surface area (Å²) in [6.07, 6.45) is -0.401. The van der Waals surface area contributed by atoms with Gasteiger partial charge in [-0.15, -0.1) is 0 Å². The van der Waals surface area contributed by atoms with E-state index in [2.05, 4.69) is 19.4 Å². The van der Waals surface area contributed by atoms with Gasteiger partial charge < -0.3 is 9.26 Å². The van der Waals surface area contributed by atoms with E-state index in [0.717, 1.165) is 6.07 Å². The fourth-order valence-electron chi connectivity index (χ4n) is 3.93. The number of aromatic nitrogens is 2. The number of halogens is 3. The van der Waals surface area contributed by atoms with Crippen molar-refractivity contribution in [2.45, 2.75) is 29.8 Å². The van der Waals surface area contributed by atoms with Crippen molar-refractivity contribution in [2.24, 2.45) is 0 Å². The number of rotatable bonds is 6. The molecule has 1 aliphatic carbocycles. The van der Waals surface area contributed by atoms with Crippen LogP contribution in [0.15, 0.2) is 64.3 Å². The molecule has 2 aromatic heterocycles. The van der Waals surface area contributed by atoms with Crippen LogP contribution < -0.4 is 9.46 Å². The van der Waals surface area contributed by atoms with Gasteiger partial charge in [-0.1, -0.05) is 11.2 Å².